The van der Waals surface area contributed by atoms with Crippen LogP contribution in [0.5, 0.6) is 11.8 Å². The largest absolute Gasteiger partial charge is 0.479 e. The lowest BCUT2D eigenvalue weighted by Gasteiger charge is -2.25. The Labute approximate surface area is 213 Å². The fourth-order valence-corrected chi connectivity index (χ4v) is 4.08. The molecule has 0 radical (unpaired) electrons. The zero-order valence-corrected chi connectivity index (χ0v) is 22.0. The third-order valence-electron chi connectivity index (χ3n) is 4.92. The SMILES string of the molecule is COCCCc1nnc(NSC(C)[C@@H](OC(C)C)c2ncc(F)cn2)n1-c1c(OC)ncnc1OC. The van der Waals surface area contributed by atoms with Gasteiger partial charge in [-0.2, -0.15) is 9.97 Å². The first-order valence-corrected chi connectivity index (χ1v) is 12.2. The highest BCUT2D eigenvalue weighted by molar-refractivity contribution is 8.01. The first-order valence-electron chi connectivity index (χ1n) is 11.3. The zero-order chi connectivity index (χ0) is 26.1. The Kier molecular flexibility index (Phi) is 10.1. The van der Waals surface area contributed by atoms with Crippen LogP contribution in [0, 0.1) is 5.82 Å². The van der Waals surface area contributed by atoms with E-state index in [1.54, 1.807) is 11.7 Å². The van der Waals surface area contributed by atoms with E-state index in [-0.39, 0.29) is 11.4 Å². The molecule has 0 aliphatic heterocycles. The Bertz CT molecular complexity index is 1080. The first kappa shape index (κ1) is 27.5. The smallest absolute Gasteiger partial charge is 0.245 e. The predicted octanol–water partition coefficient (Wildman–Crippen LogP) is 3.20. The van der Waals surface area contributed by atoms with Gasteiger partial charge in [-0.1, -0.05) is 0 Å². The molecule has 0 amide bonds. The van der Waals surface area contributed by atoms with Gasteiger partial charge in [-0.25, -0.2) is 14.4 Å². The van der Waals surface area contributed by atoms with Gasteiger partial charge in [0, 0.05) is 20.1 Å². The van der Waals surface area contributed by atoms with Crippen molar-refractivity contribution in [1.29, 1.82) is 0 Å². The van der Waals surface area contributed by atoms with Gasteiger partial charge in [0.2, 0.25) is 17.7 Å². The van der Waals surface area contributed by atoms with Gasteiger partial charge in [-0.3, -0.25) is 9.29 Å². The molecule has 3 aromatic heterocycles. The summed E-state index contributed by atoms with van der Waals surface area (Å²) in [7, 11) is 4.68. The number of nitrogens with one attached hydrogen (secondary N) is 1. The molecule has 3 heterocycles. The maximum Gasteiger partial charge on any atom is 0.245 e. The summed E-state index contributed by atoms with van der Waals surface area (Å²) in [4.78, 5) is 16.7. The predicted molar refractivity (Wildman–Crippen MR) is 132 cm³/mol. The summed E-state index contributed by atoms with van der Waals surface area (Å²) in [6.45, 7) is 6.34. The van der Waals surface area contributed by atoms with E-state index in [9.17, 15) is 4.39 Å². The van der Waals surface area contributed by atoms with Crippen molar-refractivity contribution in [2.24, 2.45) is 0 Å². The fraction of sp³-hybridized carbons (Fsp3) is 0.545. The molecule has 3 aromatic rings. The summed E-state index contributed by atoms with van der Waals surface area (Å²) < 4.78 is 40.6. The van der Waals surface area contributed by atoms with Gasteiger partial charge in [0.05, 0.1) is 38.0 Å². The maximum absolute atomic E-state index is 13.4. The normalized spacial score (nSPS) is 13.0. The fourth-order valence-electron chi connectivity index (χ4n) is 3.34. The quantitative estimate of drug-likeness (QED) is 0.246. The van der Waals surface area contributed by atoms with Gasteiger partial charge < -0.3 is 18.9 Å². The topological polar surface area (TPSA) is 131 Å². The van der Waals surface area contributed by atoms with Crippen LogP contribution in [0.2, 0.25) is 0 Å². The number of hydrogen-bond donors (Lipinski definition) is 1. The summed E-state index contributed by atoms with van der Waals surface area (Å²) >= 11 is 1.34. The molecule has 1 unspecified atom stereocenters. The molecule has 0 aliphatic carbocycles. The zero-order valence-electron chi connectivity index (χ0n) is 21.1. The average Bonchev–Trinajstić information content (AvgIpc) is 3.28. The lowest BCUT2D eigenvalue weighted by molar-refractivity contribution is 0.00276. The summed E-state index contributed by atoms with van der Waals surface area (Å²) in [5, 5.41) is 8.52. The minimum Gasteiger partial charge on any atom is -0.479 e. The van der Waals surface area contributed by atoms with E-state index >= 15 is 0 Å². The van der Waals surface area contributed by atoms with Gasteiger partial charge >= 0.3 is 0 Å². The van der Waals surface area contributed by atoms with Crippen LogP contribution < -0.4 is 14.2 Å². The number of aromatic nitrogens is 7. The van der Waals surface area contributed by atoms with Gasteiger partial charge in [-0.05, 0) is 39.1 Å². The van der Waals surface area contributed by atoms with Crippen LogP contribution in [-0.2, 0) is 15.9 Å². The van der Waals surface area contributed by atoms with Gasteiger partial charge in [0.15, 0.2) is 17.3 Å². The van der Waals surface area contributed by atoms with E-state index in [1.165, 1.54) is 32.5 Å². The van der Waals surface area contributed by atoms with Crippen molar-refractivity contribution >= 4 is 17.9 Å². The first-order chi connectivity index (χ1) is 17.4. The van der Waals surface area contributed by atoms with Gasteiger partial charge in [0.1, 0.15) is 18.3 Å². The number of methoxy groups -OCH3 is 3. The average molecular weight is 523 g/mol. The molecule has 3 rings (SSSR count). The van der Waals surface area contributed by atoms with Crippen LogP contribution in [0.1, 0.15) is 44.9 Å². The van der Waals surface area contributed by atoms with Crippen molar-refractivity contribution < 1.29 is 23.3 Å². The van der Waals surface area contributed by atoms with Crippen LogP contribution >= 0.6 is 11.9 Å². The molecule has 0 aromatic carbocycles. The van der Waals surface area contributed by atoms with E-state index in [4.69, 9.17) is 18.9 Å². The molecule has 0 bridgehead atoms. The summed E-state index contributed by atoms with van der Waals surface area (Å²) in [5.74, 6) is 1.53. The van der Waals surface area contributed by atoms with Crippen molar-refractivity contribution in [2.45, 2.75) is 51.1 Å². The van der Waals surface area contributed by atoms with Crippen molar-refractivity contribution in [3.05, 3.63) is 36.2 Å². The Morgan fingerprint density at radius 2 is 1.67 bits per heavy atom. The molecule has 2 atom stereocenters. The monoisotopic (exact) mass is 522 g/mol. The molecule has 0 aliphatic rings. The molecule has 1 N–H and O–H groups in total. The van der Waals surface area contributed by atoms with Crippen LogP contribution in [0.15, 0.2) is 18.7 Å². The number of halogens is 1. The highest BCUT2D eigenvalue weighted by Crippen LogP contribution is 2.34. The molecule has 0 saturated heterocycles. The summed E-state index contributed by atoms with van der Waals surface area (Å²) in [6, 6.07) is 0. The molecular formula is C22H31FN8O4S. The highest BCUT2D eigenvalue weighted by Gasteiger charge is 2.27. The number of ether oxygens (including phenoxy) is 4. The number of hydrogen-bond acceptors (Lipinski definition) is 12. The van der Waals surface area contributed by atoms with Crippen molar-refractivity contribution in [3.63, 3.8) is 0 Å². The number of rotatable bonds is 14. The Balaban J connectivity index is 1.92. The molecule has 12 nitrogen and oxygen atoms in total. The number of nitrogens with zero attached hydrogens (tertiary/aromatic N) is 7. The highest BCUT2D eigenvalue weighted by atomic mass is 32.2. The molecular weight excluding hydrogens is 491 g/mol. The van der Waals surface area contributed by atoms with E-state index in [0.717, 1.165) is 18.8 Å². The molecule has 0 fully saturated rings. The maximum atomic E-state index is 13.4. The Morgan fingerprint density at radius 1 is 1.00 bits per heavy atom. The van der Waals surface area contributed by atoms with E-state index < -0.39 is 11.9 Å². The molecule has 36 heavy (non-hydrogen) atoms. The Morgan fingerprint density at radius 3 is 2.25 bits per heavy atom. The van der Waals surface area contributed by atoms with Crippen molar-refractivity contribution in [3.8, 4) is 17.4 Å². The minimum atomic E-state index is -0.512. The van der Waals surface area contributed by atoms with Crippen LogP contribution in [0.4, 0.5) is 10.3 Å². The minimum absolute atomic E-state index is 0.0993. The third kappa shape index (κ3) is 6.77. The molecule has 196 valence electrons. The second-order valence-corrected chi connectivity index (χ2v) is 9.09. The number of anilines is 1. The van der Waals surface area contributed by atoms with E-state index in [0.29, 0.717) is 48.1 Å². The van der Waals surface area contributed by atoms with E-state index in [2.05, 4.69) is 34.9 Å². The van der Waals surface area contributed by atoms with E-state index in [1.807, 2.05) is 20.8 Å². The van der Waals surface area contributed by atoms with Crippen LogP contribution in [0.3, 0.4) is 0 Å². The summed E-state index contributed by atoms with van der Waals surface area (Å²) in [5.41, 5.74) is 0.465. The van der Waals surface area contributed by atoms with Crippen LogP contribution in [0.25, 0.3) is 5.69 Å². The lowest BCUT2D eigenvalue weighted by Crippen LogP contribution is -2.23. The molecule has 0 saturated carbocycles. The van der Waals surface area contributed by atoms with Gasteiger partial charge in [0.25, 0.3) is 0 Å². The summed E-state index contributed by atoms with van der Waals surface area (Å²) in [6.07, 6.45) is 4.30. The van der Waals surface area contributed by atoms with Crippen molar-refractivity contribution in [1.82, 2.24) is 34.7 Å². The van der Waals surface area contributed by atoms with Gasteiger partial charge in [-0.15, -0.1) is 10.2 Å². The third-order valence-corrected chi connectivity index (χ3v) is 5.84. The standard InChI is InChI=1S/C22H31FN8O4S/c1-13(2)35-18(19-24-10-15(23)11-25-19)14(3)36-30-22-29-28-16(8-7-9-32-4)31(22)17-20(33-5)26-12-27-21(17)34-6/h10-14,18H,7-9H2,1-6H3,(H,29,30)/t14?,18-/m1/s1. The second-order valence-electron chi connectivity index (χ2n) is 7.90. The lowest BCUT2D eigenvalue weighted by atomic mass is 10.2. The second kappa shape index (κ2) is 13.3. The molecule has 0 spiro atoms. The van der Waals surface area contributed by atoms with Crippen LogP contribution in [-0.4, -0.2) is 74.0 Å². The molecule has 14 heteroatoms. The van der Waals surface area contributed by atoms with Crippen molar-refractivity contribution in [2.75, 3.05) is 32.7 Å². The Hall–Kier alpha value is -3.10. The number of aryl methyl sites for hydroxylation is 1.